The van der Waals surface area contributed by atoms with Gasteiger partial charge in [0.2, 0.25) is 0 Å². The Labute approximate surface area is 163 Å². The van der Waals surface area contributed by atoms with Crippen LogP contribution in [0, 0.1) is 5.82 Å². The molecule has 0 saturated carbocycles. The Morgan fingerprint density at radius 2 is 1.86 bits per heavy atom. The second-order valence-corrected chi connectivity index (χ2v) is 6.33. The zero-order valence-electron chi connectivity index (χ0n) is 14.9. The highest BCUT2D eigenvalue weighted by atomic mass is 19.3. The van der Waals surface area contributed by atoms with Crippen molar-refractivity contribution in [3.8, 4) is 16.9 Å². The van der Waals surface area contributed by atoms with Crippen LogP contribution in [-0.4, -0.2) is 29.2 Å². The van der Waals surface area contributed by atoms with Gasteiger partial charge in [0.1, 0.15) is 24.5 Å². The Morgan fingerprint density at radius 1 is 1.07 bits per heavy atom. The van der Waals surface area contributed by atoms with Crippen LogP contribution in [0.2, 0.25) is 0 Å². The molecular formula is C20H15F3N4O2. The maximum atomic E-state index is 14.9. The van der Waals surface area contributed by atoms with Crippen molar-refractivity contribution >= 4 is 6.02 Å². The second-order valence-electron chi connectivity index (χ2n) is 6.33. The molecule has 6 nitrogen and oxygen atoms in total. The van der Waals surface area contributed by atoms with Gasteiger partial charge >= 0.3 is 6.61 Å². The third-order valence-electron chi connectivity index (χ3n) is 4.58. The number of ether oxygens (including phenoxy) is 2. The average Bonchev–Trinajstić information content (AvgIpc) is 3.11. The number of hydrogen-bond donors (Lipinski definition) is 1. The van der Waals surface area contributed by atoms with Crippen LogP contribution in [0.5, 0.6) is 5.75 Å². The van der Waals surface area contributed by atoms with E-state index >= 15 is 0 Å². The average molecular weight is 400 g/mol. The Morgan fingerprint density at radius 3 is 2.52 bits per heavy atom. The Kier molecular flexibility index (Phi) is 4.79. The summed E-state index contributed by atoms with van der Waals surface area (Å²) in [6, 6.07) is 10.6. The van der Waals surface area contributed by atoms with E-state index in [-0.39, 0.29) is 23.9 Å². The number of hydrogen-bond acceptors (Lipinski definition) is 6. The van der Waals surface area contributed by atoms with Gasteiger partial charge < -0.3 is 15.2 Å². The van der Waals surface area contributed by atoms with Crippen LogP contribution in [0.1, 0.15) is 11.1 Å². The number of benzene rings is 2. The highest BCUT2D eigenvalue weighted by molar-refractivity contribution is 5.75. The molecule has 1 aromatic heterocycles. The second kappa shape index (κ2) is 7.42. The highest BCUT2D eigenvalue weighted by Gasteiger charge is 2.42. The molecule has 29 heavy (non-hydrogen) atoms. The molecule has 0 radical (unpaired) electrons. The topological polar surface area (TPSA) is 82.6 Å². The number of amidine groups is 1. The molecule has 1 atom stereocenters. The molecule has 1 aliphatic heterocycles. The van der Waals surface area contributed by atoms with Crippen LogP contribution < -0.4 is 10.5 Å². The fraction of sp³-hybridized carbons (Fsp3) is 0.150. The number of aliphatic imine (C=N–C) groups is 1. The number of halogens is 3. The van der Waals surface area contributed by atoms with Crippen molar-refractivity contribution < 1.29 is 22.6 Å². The van der Waals surface area contributed by atoms with E-state index in [2.05, 4.69) is 19.7 Å². The summed E-state index contributed by atoms with van der Waals surface area (Å²) in [5.41, 5.74) is 6.76. The molecule has 2 heterocycles. The Balaban J connectivity index is 1.82. The van der Waals surface area contributed by atoms with Crippen molar-refractivity contribution in [2.75, 3.05) is 6.61 Å². The van der Waals surface area contributed by atoms with E-state index in [1.165, 1.54) is 18.5 Å². The third kappa shape index (κ3) is 3.58. The van der Waals surface area contributed by atoms with Crippen LogP contribution in [0.4, 0.5) is 13.2 Å². The zero-order chi connectivity index (χ0) is 20.4. The summed E-state index contributed by atoms with van der Waals surface area (Å²) < 4.78 is 49.4. The van der Waals surface area contributed by atoms with E-state index in [0.717, 1.165) is 17.2 Å². The first-order valence-electron chi connectivity index (χ1n) is 8.57. The van der Waals surface area contributed by atoms with Crippen molar-refractivity contribution in [2.45, 2.75) is 12.2 Å². The summed E-state index contributed by atoms with van der Waals surface area (Å²) in [6.07, 6.45) is 4.72. The van der Waals surface area contributed by atoms with Crippen LogP contribution in [0.15, 0.2) is 66.2 Å². The summed E-state index contributed by atoms with van der Waals surface area (Å²) in [5, 5.41) is 0. The molecule has 148 valence electrons. The van der Waals surface area contributed by atoms with Crippen molar-refractivity contribution in [2.24, 2.45) is 10.7 Å². The van der Waals surface area contributed by atoms with Crippen molar-refractivity contribution in [3.63, 3.8) is 0 Å². The van der Waals surface area contributed by atoms with Gasteiger partial charge in [0.15, 0.2) is 5.54 Å². The predicted molar refractivity (Wildman–Crippen MR) is 98.9 cm³/mol. The van der Waals surface area contributed by atoms with Crippen LogP contribution >= 0.6 is 0 Å². The molecule has 0 saturated heterocycles. The molecule has 0 spiro atoms. The van der Waals surface area contributed by atoms with Gasteiger partial charge in [-0.25, -0.2) is 19.4 Å². The number of alkyl halides is 2. The predicted octanol–water partition coefficient (Wildman–Crippen LogP) is 3.47. The summed E-state index contributed by atoms with van der Waals surface area (Å²) in [7, 11) is 0. The molecular weight excluding hydrogens is 385 g/mol. The maximum Gasteiger partial charge on any atom is 0.387 e. The number of nitrogens with two attached hydrogens (primary N) is 1. The van der Waals surface area contributed by atoms with Gasteiger partial charge in [0.05, 0.1) is 0 Å². The lowest BCUT2D eigenvalue weighted by atomic mass is 9.83. The molecule has 3 aromatic rings. The molecule has 1 unspecified atom stereocenters. The van der Waals surface area contributed by atoms with Crippen molar-refractivity contribution in [1.82, 2.24) is 9.97 Å². The minimum absolute atomic E-state index is 0.0421. The van der Waals surface area contributed by atoms with Gasteiger partial charge in [-0.05, 0) is 29.3 Å². The quantitative estimate of drug-likeness (QED) is 0.709. The molecule has 2 aromatic carbocycles. The summed E-state index contributed by atoms with van der Waals surface area (Å²) >= 11 is 0. The van der Waals surface area contributed by atoms with Gasteiger partial charge in [0, 0.05) is 29.6 Å². The number of aromatic nitrogens is 2. The van der Waals surface area contributed by atoms with Crippen LogP contribution in [0.25, 0.3) is 11.1 Å². The van der Waals surface area contributed by atoms with Crippen LogP contribution in [0.3, 0.4) is 0 Å². The monoisotopic (exact) mass is 400 g/mol. The molecule has 0 bridgehead atoms. The van der Waals surface area contributed by atoms with Gasteiger partial charge in [-0.2, -0.15) is 8.78 Å². The minimum Gasteiger partial charge on any atom is -0.462 e. The highest BCUT2D eigenvalue weighted by Crippen LogP contribution is 2.40. The largest absolute Gasteiger partial charge is 0.462 e. The fourth-order valence-electron chi connectivity index (χ4n) is 3.28. The molecule has 9 heteroatoms. The zero-order valence-corrected chi connectivity index (χ0v) is 14.9. The molecule has 0 fully saturated rings. The summed E-state index contributed by atoms with van der Waals surface area (Å²) in [5.74, 6) is -1.05. The molecule has 0 aliphatic carbocycles. The van der Waals surface area contributed by atoms with E-state index < -0.39 is 18.0 Å². The standard InChI is InChI=1S/C20H15F3N4O2/c21-17-7-15(29-18(22)23)4-5-16(17)20(10-28-19(24)27-20)14-3-1-2-12(6-14)13-8-25-11-26-9-13/h1-9,11,18H,10H2,(H2,24,27). The first kappa shape index (κ1) is 18.7. The molecule has 2 N–H and O–H groups in total. The lowest BCUT2D eigenvalue weighted by Gasteiger charge is -2.26. The third-order valence-corrected chi connectivity index (χ3v) is 4.58. The van der Waals surface area contributed by atoms with E-state index in [1.807, 2.05) is 12.1 Å². The minimum atomic E-state index is -3.05. The first-order valence-corrected chi connectivity index (χ1v) is 8.57. The van der Waals surface area contributed by atoms with Crippen molar-refractivity contribution in [1.29, 1.82) is 0 Å². The normalized spacial score (nSPS) is 18.4. The van der Waals surface area contributed by atoms with E-state index in [4.69, 9.17) is 10.5 Å². The molecule has 4 rings (SSSR count). The first-order chi connectivity index (χ1) is 14.0. The van der Waals surface area contributed by atoms with Gasteiger partial charge in [-0.1, -0.05) is 18.2 Å². The number of nitrogens with zero attached hydrogens (tertiary/aromatic N) is 3. The SMILES string of the molecule is NC1=NC(c2cccc(-c3cncnc3)c2)(c2ccc(OC(F)F)cc2F)CO1. The fourth-order valence-corrected chi connectivity index (χ4v) is 3.28. The van der Waals surface area contributed by atoms with Gasteiger partial charge in [-0.15, -0.1) is 0 Å². The van der Waals surface area contributed by atoms with Crippen molar-refractivity contribution in [3.05, 3.63) is 78.1 Å². The van der Waals surface area contributed by atoms with Crippen LogP contribution in [-0.2, 0) is 10.3 Å². The smallest absolute Gasteiger partial charge is 0.387 e. The Bertz CT molecular complexity index is 1060. The molecule has 0 amide bonds. The maximum absolute atomic E-state index is 14.9. The van der Waals surface area contributed by atoms with Gasteiger partial charge in [0.25, 0.3) is 6.02 Å². The van der Waals surface area contributed by atoms with E-state index in [1.54, 1.807) is 24.5 Å². The summed E-state index contributed by atoms with van der Waals surface area (Å²) in [4.78, 5) is 12.4. The molecule has 1 aliphatic rings. The summed E-state index contributed by atoms with van der Waals surface area (Å²) in [6.45, 7) is -3.10. The number of rotatable bonds is 5. The lowest BCUT2D eigenvalue weighted by Crippen LogP contribution is -2.28. The Hall–Kier alpha value is -3.62. The van der Waals surface area contributed by atoms with E-state index in [0.29, 0.717) is 5.56 Å². The van der Waals surface area contributed by atoms with Gasteiger partial charge in [-0.3, -0.25) is 0 Å². The van der Waals surface area contributed by atoms with E-state index in [9.17, 15) is 13.2 Å². The lowest BCUT2D eigenvalue weighted by molar-refractivity contribution is -0.0500.